The molecular weight excluding hydrogens is 286 g/mol. The van der Waals surface area contributed by atoms with Crippen molar-refractivity contribution in [1.29, 1.82) is 0 Å². The molecule has 2 aromatic heterocycles. The molecule has 2 aromatic rings. The Hall–Kier alpha value is -2.64. The van der Waals surface area contributed by atoms with Crippen LogP contribution < -0.4 is 9.47 Å². The molecular formula is C14H17N5O3. The van der Waals surface area contributed by atoms with Crippen LogP contribution in [0.4, 0.5) is 0 Å². The Balaban J connectivity index is 1.52. The van der Waals surface area contributed by atoms with Crippen LogP contribution in [0.2, 0.25) is 0 Å². The Morgan fingerprint density at radius 1 is 1.36 bits per heavy atom. The minimum atomic E-state index is -0.0655. The molecule has 0 aliphatic carbocycles. The number of amides is 1. The molecule has 1 amide bonds. The summed E-state index contributed by atoms with van der Waals surface area (Å²) in [6, 6.07) is 5.20. The lowest BCUT2D eigenvalue weighted by Crippen LogP contribution is -2.33. The highest BCUT2D eigenvalue weighted by atomic mass is 16.5. The fourth-order valence-corrected chi connectivity index (χ4v) is 2.33. The third-order valence-corrected chi connectivity index (χ3v) is 3.47. The molecule has 0 aromatic carbocycles. The van der Waals surface area contributed by atoms with Crippen molar-refractivity contribution in [2.75, 3.05) is 20.2 Å². The van der Waals surface area contributed by atoms with Crippen LogP contribution in [0.3, 0.4) is 0 Å². The first-order valence-corrected chi connectivity index (χ1v) is 7.04. The molecule has 1 aliphatic heterocycles. The first kappa shape index (κ1) is 14.3. The summed E-state index contributed by atoms with van der Waals surface area (Å²) in [6.45, 7) is 1.48. The summed E-state index contributed by atoms with van der Waals surface area (Å²) in [5.74, 6) is 0.914. The number of carbonyl (C=O) groups excluding carboxylic acids is 1. The Morgan fingerprint density at radius 3 is 2.86 bits per heavy atom. The van der Waals surface area contributed by atoms with E-state index in [1.807, 2.05) is 0 Å². The molecule has 0 unspecified atom stereocenters. The molecule has 1 fully saturated rings. The van der Waals surface area contributed by atoms with Gasteiger partial charge in [0, 0.05) is 37.5 Å². The van der Waals surface area contributed by atoms with Gasteiger partial charge in [0.15, 0.2) is 0 Å². The van der Waals surface area contributed by atoms with Crippen LogP contribution in [0.25, 0.3) is 0 Å². The molecule has 3 heterocycles. The fraction of sp³-hybridized carbons (Fsp3) is 0.429. The molecule has 1 atom stereocenters. The Bertz CT molecular complexity index is 614. The summed E-state index contributed by atoms with van der Waals surface area (Å²) in [5, 5.41) is 11.8. The standard InChI is InChI=1S/C14H17N5O3/c1-21-12-3-4-13(17-16-12)22-11-5-8-18(9-11)14(20)10-19-7-2-6-15-19/h2-4,6-7,11H,5,8-10H2,1H3/t11-/m0/s1. The number of ether oxygens (including phenoxy) is 2. The third-order valence-electron chi connectivity index (χ3n) is 3.47. The fourth-order valence-electron chi connectivity index (χ4n) is 2.33. The van der Waals surface area contributed by atoms with Crippen molar-refractivity contribution in [3.05, 3.63) is 30.6 Å². The van der Waals surface area contributed by atoms with Crippen LogP contribution in [0.15, 0.2) is 30.6 Å². The molecule has 116 valence electrons. The lowest BCUT2D eigenvalue weighted by Gasteiger charge is -2.16. The van der Waals surface area contributed by atoms with Gasteiger partial charge in [0.1, 0.15) is 12.6 Å². The van der Waals surface area contributed by atoms with Crippen LogP contribution in [0.1, 0.15) is 6.42 Å². The van der Waals surface area contributed by atoms with Gasteiger partial charge in [0.05, 0.1) is 13.7 Å². The zero-order valence-corrected chi connectivity index (χ0v) is 12.3. The monoisotopic (exact) mass is 303 g/mol. The van der Waals surface area contributed by atoms with Crippen LogP contribution in [0, 0.1) is 0 Å². The van der Waals surface area contributed by atoms with Gasteiger partial charge in [-0.05, 0) is 6.07 Å². The van der Waals surface area contributed by atoms with Gasteiger partial charge in [0.2, 0.25) is 17.7 Å². The zero-order valence-electron chi connectivity index (χ0n) is 12.3. The van der Waals surface area contributed by atoms with E-state index in [-0.39, 0.29) is 18.6 Å². The van der Waals surface area contributed by atoms with Crippen LogP contribution in [0.5, 0.6) is 11.8 Å². The van der Waals surface area contributed by atoms with Gasteiger partial charge in [-0.2, -0.15) is 5.10 Å². The molecule has 0 spiro atoms. The number of methoxy groups -OCH3 is 1. The van der Waals surface area contributed by atoms with E-state index in [4.69, 9.17) is 9.47 Å². The van der Waals surface area contributed by atoms with E-state index < -0.39 is 0 Å². The van der Waals surface area contributed by atoms with Crippen molar-refractivity contribution >= 4 is 5.91 Å². The van der Waals surface area contributed by atoms with Gasteiger partial charge in [-0.3, -0.25) is 9.48 Å². The minimum Gasteiger partial charge on any atom is -0.480 e. The van der Waals surface area contributed by atoms with Gasteiger partial charge in [0.25, 0.3) is 0 Å². The normalized spacial score (nSPS) is 17.5. The van der Waals surface area contributed by atoms with E-state index >= 15 is 0 Å². The molecule has 22 heavy (non-hydrogen) atoms. The van der Waals surface area contributed by atoms with E-state index in [0.29, 0.717) is 24.8 Å². The van der Waals surface area contributed by atoms with E-state index in [0.717, 1.165) is 6.42 Å². The summed E-state index contributed by atoms with van der Waals surface area (Å²) in [6.07, 6.45) is 4.14. The second-order valence-corrected chi connectivity index (χ2v) is 4.99. The highest BCUT2D eigenvalue weighted by molar-refractivity contribution is 5.76. The van der Waals surface area contributed by atoms with Crippen molar-refractivity contribution in [2.24, 2.45) is 0 Å². The number of carbonyl (C=O) groups is 1. The predicted molar refractivity (Wildman–Crippen MR) is 76.4 cm³/mol. The van der Waals surface area contributed by atoms with Gasteiger partial charge in [-0.1, -0.05) is 0 Å². The third kappa shape index (κ3) is 3.33. The van der Waals surface area contributed by atoms with Crippen molar-refractivity contribution < 1.29 is 14.3 Å². The molecule has 0 radical (unpaired) electrons. The van der Waals surface area contributed by atoms with E-state index in [1.165, 1.54) is 7.11 Å². The maximum absolute atomic E-state index is 12.2. The highest BCUT2D eigenvalue weighted by Crippen LogP contribution is 2.17. The number of rotatable bonds is 5. The average molecular weight is 303 g/mol. The quantitative estimate of drug-likeness (QED) is 0.793. The van der Waals surface area contributed by atoms with Crippen molar-refractivity contribution in [1.82, 2.24) is 24.9 Å². The van der Waals surface area contributed by atoms with Crippen molar-refractivity contribution in [3.8, 4) is 11.8 Å². The molecule has 0 bridgehead atoms. The largest absolute Gasteiger partial charge is 0.480 e. The van der Waals surface area contributed by atoms with Gasteiger partial charge >= 0.3 is 0 Å². The van der Waals surface area contributed by atoms with E-state index in [2.05, 4.69) is 15.3 Å². The van der Waals surface area contributed by atoms with E-state index in [1.54, 1.807) is 40.2 Å². The minimum absolute atomic E-state index is 0.0376. The average Bonchev–Trinajstić information content (AvgIpc) is 3.20. The summed E-state index contributed by atoms with van der Waals surface area (Å²) in [5.41, 5.74) is 0. The van der Waals surface area contributed by atoms with Crippen molar-refractivity contribution in [2.45, 2.75) is 19.1 Å². The molecule has 0 saturated carbocycles. The second kappa shape index (κ2) is 6.42. The number of aromatic nitrogens is 4. The summed E-state index contributed by atoms with van der Waals surface area (Å²) in [4.78, 5) is 13.9. The highest BCUT2D eigenvalue weighted by Gasteiger charge is 2.28. The molecule has 1 aliphatic rings. The first-order valence-electron chi connectivity index (χ1n) is 7.04. The summed E-state index contributed by atoms with van der Waals surface area (Å²) in [7, 11) is 1.53. The van der Waals surface area contributed by atoms with Crippen molar-refractivity contribution in [3.63, 3.8) is 0 Å². The first-order chi connectivity index (χ1) is 10.7. The summed E-state index contributed by atoms with van der Waals surface area (Å²) >= 11 is 0. The SMILES string of the molecule is COc1ccc(O[C@H]2CCN(C(=O)Cn3cccn3)C2)nn1. The smallest absolute Gasteiger partial charge is 0.244 e. The van der Waals surface area contributed by atoms with E-state index in [9.17, 15) is 4.79 Å². The lowest BCUT2D eigenvalue weighted by atomic mass is 10.3. The topological polar surface area (TPSA) is 82.4 Å². The number of nitrogens with zero attached hydrogens (tertiary/aromatic N) is 5. The molecule has 3 rings (SSSR count). The summed E-state index contributed by atoms with van der Waals surface area (Å²) < 4.78 is 12.3. The Kier molecular flexibility index (Phi) is 4.17. The molecule has 0 N–H and O–H groups in total. The Labute approximate surface area is 127 Å². The molecule has 1 saturated heterocycles. The van der Waals surface area contributed by atoms with Crippen LogP contribution >= 0.6 is 0 Å². The predicted octanol–water partition coefficient (Wildman–Crippen LogP) is 0.362. The number of hydrogen-bond acceptors (Lipinski definition) is 6. The molecule has 8 heteroatoms. The maximum Gasteiger partial charge on any atom is 0.244 e. The van der Waals surface area contributed by atoms with Gasteiger partial charge < -0.3 is 14.4 Å². The molecule has 8 nitrogen and oxygen atoms in total. The lowest BCUT2D eigenvalue weighted by molar-refractivity contribution is -0.131. The van der Waals surface area contributed by atoms with Gasteiger partial charge in [-0.15, -0.1) is 10.2 Å². The van der Waals surface area contributed by atoms with Crippen LogP contribution in [-0.4, -0.2) is 57.1 Å². The second-order valence-electron chi connectivity index (χ2n) is 4.99. The Morgan fingerprint density at radius 2 is 2.18 bits per heavy atom. The number of hydrogen-bond donors (Lipinski definition) is 0. The number of likely N-dealkylation sites (tertiary alicyclic amines) is 1. The zero-order chi connectivity index (χ0) is 15.4. The van der Waals surface area contributed by atoms with Crippen LogP contribution in [-0.2, 0) is 11.3 Å². The van der Waals surface area contributed by atoms with Gasteiger partial charge in [-0.25, -0.2) is 0 Å². The maximum atomic E-state index is 12.2.